The number of amides is 1. The van der Waals surface area contributed by atoms with Crippen molar-refractivity contribution in [2.24, 2.45) is 0 Å². The Balaban J connectivity index is 2.43. The van der Waals surface area contributed by atoms with Crippen LogP contribution in [0.1, 0.15) is 20.0 Å². The summed E-state index contributed by atoms with van der Waals surface area (Å²) in [5.41, 5.74) is 0.480. The van der Waals surface area contributed by atoms with Crippen LogP contribution in [-0.2, 0) is 4.74 Å². The van der Waals surface area contributed by atoms with Gasteiger partial charge in [0, 0.05) is 12.1 Å². The first kappa shape index (κ1) is 15.8. The van der Waals surface area contributed by atoms with Gasteiger partial charge in [-0.05, 0) is 11.4 Å². The van der Waals surface area contributed by atoms with Crippen molar-refractivity contribution in [3.05, 3.63) is 40.1 Å². The lowest BCUT2D eigenvalue weighted by molar-refractivity contribution is 0.0601. The molecule has 2 rings (SSSR count). The van der Waals surface area contributed by atoms with Gasteiger partial charge in [0.25, 0.3) is 5.91 Å². The number of anilines is 1. The third kappa shape index (κ3) is 3.20. The second-order valence-corrected chi connectivity index (χ2v) is 5.12. The van der Waals surface area contributed by atoms with E-state index in [2.05, 4.69) is 5.32 Å². The highest BCUT2D eigenvalue weighted by atomic mass is 32.1. The van der Waals surface area contributed by atoms with Crippen LogP contribution in [0.3, 0.4) is 0 Å². The first-order valence-electron chi connectivity index (χ1n) is 6.30. The average Bonchev–Trinajstić information content (AvgIpc) is 3.08. The molecule has 0 saturated carbocycles. The molecule has 0 saturated heterocycles. The van der Waals surface area contributed by atoms with E-state index in [-0.39, 0.29) is 11.5 Å². The van der Waals surface area contributed by atoms with Crippen LogP contribution in [0, 0.1) is 0 Å². The minimum absolute atomic E-state index is 0.185. The van der Waals surface area contributed by atoms with Crippen LogP contribution in [-0.4, -0.2) is 33.2 Å². The van der Waals surface area contributed by atoms with Crippen molar-refractivity contribution in [2.75, 3.05) is 26.6 Å². The third-order valence-electron chi connectivity index (χ3n) is 2.92. The van der Waals surface area contributed by atoms with Gasteiger partial charge < -0.3 is 19.5 Å². The molecule has 1 aromatic carbocycles. The maximum absolute atomic E-state index is 12.2. The van der Waals surface area contributed by atoms with Crippen LogP contribution < -0.4 is 14.8 Å². The van der Waals surface area contributed by atoms with Gasteiger partial charge in [0.1, 0.15) is 0 Å². The van der Waals surface area contributed by atoms with Gasteiger partial charge in [-0.25, -0.2) is 4.79 Å². The molecule has 1 aromatic heterocycles. The molecule has 0 aliphatic heterocycles. The summed E-state index contributed by atoms with van der Waals surface area (Å²) in [4.78, 5) is 24.6. The lowest BCUT2D eigenvalue weighted by atomic mass is 10.1. The van der Waals surface area contributed by atoms with Crippen molar-refractivity contribution in [2.45, 2.75) is 0 Å². The van der Waals surface area contributed by atoms with Crippen molar-refractivity contribution in [1.82, 2.24) is 0 Å². The van der Waals surface area contributed by atoms with E-state index in [1.54, 1.807) is 17.5 Å². The maximum Gasteiger partial charge on any atom is 0.340 e. The lowest BCUT2D eigenvalue weighted by Crippen LogP contribution is -2.15. The molecule has 0 radical (unpaired) electrons. The predicted octanol–water partition coefficient (Wildman–Crippen LogP) is 2.80. The molecule has 0 atom stereocenters. The Morgan fingerprint density at radius 2 is 1.77 bits per heavy atom. The topological polar surface area (TPSA) is 73.9 Å². The molecular formula is C15H15NO5S. The zero-order valence-electron chi connectivity index (χ0n) is 12.3. The predicted molar refractivity (Wildman–Crippen MR) is 83.2 cm³/mol. The minimum atomic E-state index is -0.581. The highest BCUT2D eigenvalue weighted by Gasteiger charge is 2.19. The van der Waals surface area contributed by atoms with Crippen molar-refractivity contribution < 1.29 is 23.8 Å². The van der Waals surface area contributed by atoms with Gasteiger partial charge in [0.15, 0.2) is 11.5 Å². The zero-order valence-corrected chi connectivity index (χ0v) is 13.2. The number of carbonyl (C=O) groups is 2. The molecule has 22 heavy (non-hydrogen) atoms. The SMILES string of the molecule is COC(=O)c1cc(OC)c(OC)cc1NC(=O)c1cccs1. The summed E-state index contributed by atoms with van der Waals surface area (Å²) in [5, 5.41) is 4.49. The van der Waals surface area contributed by atoms with E-state index in [1.807, 2.05) is 0 Å². The van der Waals surface area contributed by atoms with Crippen LogP contribution in [0.4, 0.5) is 5.69 Å². The number of methoxy groups -OCH3 is 3. The molecule has 116 valence electrons. The van der Waals surface area contributed by atoms with E-state index < -0.39 is 5.97 Å². The number of esters is 1. The number of carbonyl (C=O) groups excluding carboxylic acids is 2. The Bertz CT molecular complexity index is 681. The van der Waals surface area contributed by atoms with E-state index in [0.29, 0.717) is 22.1 Å². The highest BCUT2D eigenvalue weighted by molar-refractivity contribution is 7.12. The van der Waals surface area contributed by atoms with Crippen molar-refractivity contribution in [3.63, 3.8) is 0 Å². The second kappa shape index (κ2) is 6.95. The third-order valence-corrected chi connectivity index (χ3v) is 3.79. The molecule has 0 unspecified atom stereocenters. The molecule has 0 spiro atoms. The van der Waals surface area contributed by atoms with Crippen LogP contribution in [0.15, 0.2) is 29.6 Å². The van der Waals surface area contributed by atoms with Crippen molar-refractivity contribution in [3.8, 4) is 11.5 Å². The van der Waals surface area contributed by atoms with E-state index in [0.717, 1.165) is 0 Å². The van der Waals surface area contributed by atoms with Gasteiger partial charge in [0.05, 0.1) is 37.5 Å². The van der Waals surface area contributed by atoms with Gasteiger partial charge in [-0.3, -0.25) is 4.79 Å². The van der Waals surface area contributed by atoms with Crippen molar-refractivity contribution in [1.29, 1.82) is 0 Å². The minimum Gasteiger partial charge on any atom is -0.493 e. The van der Waals surface area contributed by atoms with E-state index in [4.69, 9.17) is 14.2 Å². The van der Waals surface area contributed by atoms with E-state index >= 15 is 0 Å². The fraction of sp³-hybridized carbons (Fsp3) is 0.200. The summed E-state index contributed by atoms with van der Waals surface area (Å²) in [6.45, 7) is 0. The van der Waals surface area contributed by atoms with Gasteiger partial charge in [0.2, 0.25) is 0 Å². The quantitative estimate of drug-likeness (QED) is 0.857. The zero-order chi connectivity index (χ0) is 16.1. The maximum atomic E-state index is 12.2. The molecule has 2 aromatic rings. The first-order valence-corrected chi connectivity index (χ1v) is 7.17. The Hall–Kier alpha value is -2.54. The van der Waals surface area contributed by atoms with Crippen LogP contribution in [0.25, 0.3) is 0 Å². The standard InChI is InChI=1S/C15H15NO5S/c1-19-11-7-9(15(18)21-3)10(8-12(11)20-2)16-14(17)13-5-4-6-22-13/h4-8H,1-3H3,(H,16,17). The van der Waals surface area contributed by atoms with Crippen molar-refractivity contribution >= 4 is 28.9 Å². The molecule has 1 heterocycles. The number of nitrogens with one attached hydrogen (secondary N) is 1. The number of rotatable bonds is 5. The van der Waals surface area contributed by atoms with Gasteiger partial charge in [-0.15, -0.1) is 11.3 Å². The van der Waals surface area contributed by atoms with Gasteiger partial charge >= 0.3 is 5.97 Å². The number of thiophene rings is 1. The fourth-order valence-corrected chi connectivity index (χ4v) is 2.47. The monoisotopic (exact) mass is 321 g/mol. The summed E-state index contributed by atoms with van der Waals surface area (Å²) >= 11 is 1.30. The molecule has 1 N–H and O–H groups in total. The smallest absolute Gasteiger partial charge is 0.340 e. The van der Waals surface area contributed by atoms with Crippen LogP contribution in [0.5, 0.6) is 11.5 Å². The average molecular weight is 321 g/mol. The Morgan fingerprint density at radius 1 is 1.09 bits per heavy atom. The molecule has 0 aliphatic carbocycles. The van der Waals surface area contributed by atoms with Crippen LogP contribution >= 0.6 is 11.3 Å². The molecular weight excluding hydrogens is 306 g/mol. The summed E-state index contributed by atoms with van der Waals surface area (Å²) in [5.74, 6) is -0.122. The summed E-state index contributed by atoms with van der Waals surface area (Å²) in [6.07, 6.45) is 0. The van der Waals surface area contributed by atoms with Crippen LogP contribution in [0.2, 0.25) is 0 Å². The highest BCUT2D eigenvalue weighted by Crippen LogP contribution is 2.34. The summed E-state index contributed by atoms with van der Waals surface area (Å²) < 4.78 is 15.1. The fourth-order valence-electron chi connectivity index (χ4n) is 1.85. The van der Waals surface area contributed by atoms with Gasteiger partial charge in [-0.1, -0.05) is 6.07 Å². The molecule has 0 aliphatic rings. The lowest BCUT2D eigenvalue weighted by Gasteiger charge is -2.14. The normalized spacial score (nSPS) is 9.95. The molecule has 0 fully saturated rings. The number of hydrogen-bond acceptors (Lipinski definition) is 6. The summed E-state index contributed by atoms with van der Waals surface area (Å²) in [6, 6.07) is 6.46. The largest absolute Gasteiger partial charge is 0.493 e. The molecule has 1 amide bonds. The Kier molecular flexibility index (Phi) is 5.00. The molecule has 7 heteroatoms. The number of benzene rings is 1. The number of ether oxygens (including phenoxy) is 3. The Labute approximate surface area is 131 Å². The van der Waals surface area contributed by atoms with Gasteiger partial charge in [-0.2, -0.15) is 0 Å². The summed E-state index contributed by atoms with van der Waals surface area (Å²) in [7, 11) is 4.20. The second-order valence-electron chi connectivity index (χ2n) is 4.18. The van der Waals surface area contributed by atoms with E-state index in [1.165, 1.54) is 44.8 Å². The Morgan fingerprint density at radius 3 is 2.32 bits per heavy atom. The molecule has 6 nitrogen and oxygen atoms in total. The first-order chi connectivity index (χ1) is 10.6. The number of hydrogen-bond donors (Lipinski definition) is 1. The molecule has 0 bridgehead atoms. The van der Waals surface area contributed by atoms with E-state index in [9.17, 15) is 9.59 Å².